The molecule has 0 amide bonds. The zero-order valence-electron chi connectivity index (χ0n) is 18.0. The Labute approximate surface area is 213 Å². The van der Waals surface area contributed by atoms with Gasteiger partial charge in [-0.05, 0) is 0 Å². The van der Waals surface area contributed by atoms with E-state index in [0.717, 1.165) is 36.7 Å². The Morgan fingerprint density at radius 1 is 0.500 bits per heavy atom. The van der Waals surface area contributed by atoms with Crippen molar-refractivity contribution in [3.63, 3.8) is 0 Å². The molecule has 0 radical (unpaired) electrons. The summed E-state index contributed by atoms with van der Waals surface area (Å²) >= 11 is -1.75. The Morgan fingerprint density at radius 3 is 1.13 bits per heavy atom. The van der Waals surface area contributed by atoms with Crippen molar-refractivity contribution in [1.82, 2.24) is 9.97 Å². The van der Waals surface area contributed by atoms with Crippen molar-refractivity contribution < 1.29 is 69.2 Å². The van der Waals surface area contributed by atoms with Crippen LogP contribution in [0, 0.1) is 34.9 Å². The van der Waals surface area contributed by atoms with E-state index < -0.39 is 60.4 Å². The SMILES string of the molecule is F[P-](F)(F)(F)(F)F.Fc1ccc(-c2c(F)cc(F)c[c]2[Ir][c]2cc(F)cc(F)c2-c2ccc(F)cn2)nc1. The van der Waals surface area contributed by atoms with Gasteiger partial charge in [0, 0.05) is 0 Å². The Hall–Kier alpha value is -3.02. The number of hydrogen-bond donors (Lipinski definition) is 0. The molecule has 4 aromatic rings. The summed E-state index contributed by atoms with van der Waals surface area (Å²) in [5.41, 5.74) is -0.0554. The van der Waals surface area contributed by atoms with Crippen LogP contribution in [-0.4, -0.2) is 9.97 Å². The molecular weight excluding hydrogens is 743 g/mol. The Morgan fingerprint density at radius 2 is 0.842 bits per heavy atom. The van der Waals surface area contributed by atoms with Gasteiger partial charge in [0.25, 0.3) is 0 Å². The van der Waals surface area contributed by atoms with Gasteiger partial charge in [-0.15, -0.1) is 0 Å². The molecular formula is C22H10F12IrN2P-. The molecule has 0 atom stereocenters. The summed E-state index contributed by atoms with van der Waals surface area (Å²) in [6.45, 7) is 0. The molecule has 0 saturated heterocycles. The van der Waals surface area contributed by atoms with Gasteiger partial charge in [-0.3, -0.25) is 0 Å². The predicted molar refractivity (Wildman–Crippen MR) is 112 cm³/mol. The Balaban J connectivity index is 0.000000505. The van der Waals surface area contributed by atoms with Gasteiger partial charge in [0.2, 0.25) is 0 Å². The van der Waals surface area contributed by atoms with Crippen LogP contribution in [-0.2, 0) is 17.7 Å². The molecule has 0 saturated carbocycles. The van der Waals surface area contributed by atoms with Gasteiger partial charge in [-0.1, -0.05) is 0 Å². The van der Waals surface area contributed by atoms with Crippen LogP contribution in [0.4, 0.5) is 51.5 Å². The van der Waals surface area contributed by atoms with E-state index in [0.29, 0.717) is 12.1 Å². The van der Waals surface area contributed by atoms with Crippen molar-refractivity contribution >= 4 is 16.0 Å². The molecule has 207 valence electrons. The van der Waals surface area contributed by atoms with E-state index in [1.807, 2.05) is 0 Å². The van der Waals surface area contributed by atoms with E-state index in [4.69, 9.17) is 0 Å². The van der Waals surface area contributed by atoms with Gasteiger partial charge in [0.15, 0.2) is 0 Å². The average Bonchev–Trinajstić information content (AvgIpc) is 2.73. The van der Waals surface area contributed by atoms with E-state index in [9.17, 15) is 51.5 Å². The summed E-state index contributed by atoms with van der Waals surface area (Å²) in [7, 11) is -10.7. The molecule has 4 rings (SSSR count). The van der Waals surface area contributed by atoms with Gasteiger partial charge >= 0.3 is 213 Å². The van der Waals surface area contributed by atoms with E-state index in [1.165, 1.54) is 12.1 Å². The van der Waals surface area contributed by atoms with Crippen LogP contribution in [0.15, 0.2) is 60.9 Å². The molecule has 2 nitrogen and oxygen atoms in total. The van der Waals surface area contributed by atoms with E-state index in [2.05, 4.69) is 9.97 Å². The summed E-state index contributed by atoms with van der Waals surface area (Å²) in [6.07, 6.45) is 1.77. The minimum atomic E-state index is -10.7. The number of halogens is 12. The van der Waals surface area contributed by atoms with Crippen molar-refractivity contribution in [2.45, 2.75) is 0 Å². The third kappa shape index (κ3) is 9.07. The summed E-state index contributed by atoms with van der Waals surface area (Å²) in [5, 5.41) is 0. The van der Waals surface area contributed by atoms with Gasteiger partial charge in [-0.2, -0.15) is 0 Å². The molecule has 2 aromatic heterocycles. The predicted octanol–water partition coefficient (Wildman–Crippen LogP) is 8.06. The third-order valence-corrected chi connectivity index (χ3v) is 7.30. The van der Waals surface area contributed by atoms with Crippen molar-refractivity contribution in [3.05, 3.63) is 95.8 Å². The van der Waals surface area contributed by atoms with Crippen LogP contribution in [0.3, 0.4) is 0 Å². The second kappa shape index (κ2) is 9.94. The molecule has 0 aliphatic heterocycles. The second-order valence-electron chi connectivity index (χ2n) is 7.21. The molecule has 0 aliphatic carbocycles. The minimum absolute atomic E-state index is 0.0518. The van der Waals surface area contributed by atoms with Crippen LogP contribution < -0.4 is 8.15 Å². The molecule has 0 bridgehead atoms. The summed E-state index contributed by atoms with van der Waals surface area (Å²) in [5.74, 6) is -4.89. The first-order valence-corrected chi connectivity index (χ1v) is 14.1. The van der Waals surface area contributed by atoms with Crippen molar-refractivity contribution in [2.24, 2.45) is 0 Å². The Bertz CT molecular complexity index is 1370. The van der Waals surface area contributed by atoms with Crippen molar-refractivity contribution in [3.8, 4) is 22.5 Å². The number of aromatic nitrogens is 2. The van der Waals surface area contributed by atoms with E-state index in [1.54, 1.807) is 0 Å². The number of rotatable bonds is 4. The quantitative estimate of drug-likeness (QED) is 0.156. The maximum absolute atomic E-state index is 14.7. The molecule has 38 heavy (non-hydrogen) atoms. The normalized spacial score (nSPS) is 13.4. The number of pyridine rings is 2. The fourth-order valence-corrected chi connectivity index (χ4v) is 6.30. The van der Waals surface area contributed by atoms with Crippen LogP contribution in [0.1, 0.15) is 0 Å². The summed E-state index contributed by atoms with van der Waals surface area (Å²) in [6, 6.07) is 8.05. The zero-order valence-corrected chi connectivity index (χ0v) is 21.3. The van der Waals surface area contributed by atoms with Crippen molar-refractivity contribution in [1.29, 1.82) is 0 Å². The van der Waals surface area contributed by atoms with E-state index in [-0.39, 0.29) is 30.7 Å². The molecule has 0 spiro atoms. The van der Waals surface area contributed by atoms with Crippen LogP contribution in [0.5, 0.6) is 0 Å². The number of nitrogens with zero attached hydrogens (tertiary/aromatic N) is 2. The first-order chi connectivity index (χ1) is 17.3. The molecule has 0 N–H and O–H groups in total. The summed E-state index contributed by atoms with van der Waals surface area (Å²) < 4.78 is 143. The monoisotopic (exact) mass is 754 g/mol. The van der Waals surface area contributed by atoms with Crippen molar-refractivity contribution in [2.75, 3.05) is 0 Å². The molecule has 2 aromatic carbocycles. The van der Waals surface area contributed by atoms with E-state index >= 15 is 0 Å². The number of benzene rings is 2. The maximum atomic E-state index is 14.7. The topological polar surface area (TPSA) is 25.8 Å². The molecule has 0 aliphatic rings. The fourth-order valence-electron chi connectivity index (χ4n) is 2.81. The molecule has 2 heterocycles. The molecule has 0 unspecified atom stereocenters. The second-order valence-corrected chi connectivity index (χ2v) is 12.3. The van der Waals surface area contributed by atoms with Crippen LogP contribution in [0.25, 0.3) is 22.5 Å². The van der Waals surface area contributed by atoms with Gasteiger partial charge in [-0.25, -0.2) is 0 Å². The molecule has 0 fully saturated rings. The average molecular weight is 754 g/mol. The molecule has 16 heteroatoms. The van der Waals surface area contributed by atoms with Gasteiger partial charge in [0.05, 0.1) is 0 Å². The van der Waals surface area contributed by atoms with Gasteiger partial charge in [0.1, 0.15) is 0 Å². The first kappa shape index (κ1) is 29.5. The fraction of sp³-hybridized carbons (Fsp3) is 0. The van der Waals surface area contributed by atoms with Crippen LogP contribution in [0.2, 0.25) is 0 Å². The number of hydrogen-bond acceptors (Lipinski definition) is 2. The standard InChI is InChI=1S/2C11H5F3N.F6P.Ir/c2*12-7-1-3-9(10(14)5-7)11-4-2-8(13)6-15-11;1-7(2,3,4,5)6;/h2*1-2,4-6H;;/q;;-1;. The summed E-state index contributed by atoms with van der Waals surface area (Å²) in [4.78, 5) is 7.69. The third-order valence-electron chi connectivity index (χ3n) is 4.13. The Kier molecular flexibility index (Phi) is 7.72. The zero-order chi connectivity index (χ0) is 28.5. The first-order valence-electron chi connectivity index (χ1n) is 9.65. The van der Waals surface area contributed by atoms with Gasteiger partial charge < -0.3 is 0 Å². The van der Waals surface area contributed by atoms with Crippen LogP contribution >= 0.6 is 7.81 Å².